The fourth-order valence-corrected chi connectivity index (χ4v) is 3.66. The van der Waals surface area contributed by atoms with Crippen molar-refractivity contribution >= 4 is 15.7 Å². The van der Waals surface area contributed by atoms with Gasteiger partial charge in [0.1, 0.15) is 10.7 Å². The van der Waals surface area contributed by atoms with E-state index in [9.17, 15) is 12.8 Å². The van der Waals surface area contributed by atoms with Crippen LogP contribution in [0.3, 0.4) is 0 Å². The van der Waals surface area contributed by atoms with Crippen molar-refractivity contribution in [1.29, 1.82) is 0 Å². The van der Waals surface area contributed by atoms with Crippen LogP contribution in [0.1, 0.15) is 0 Å². The molecule has 0 fully saturated rings. The average molecular weight is 396 g/mol. The molecule has 7 nitrogen and oxygen atoms in total. The Balaban J connectivity index is 1.69. The Morgan fingerprint density at radius 3 is 2.36 bits per heavy atom. The molecule has 4 rings (SSSR count). The summed E-state index contributed by atoms with van der Waals surface area (Å²) in [5.74, 6) is -0.544. The predicted octanol–water partition coefficient (Wildman–Crippen LogP) is 3.74. The highest BCUT2D eigenvalue weighted by Gasteiger charge is 2.22. The van der Waals surface area contributed by atoms with Gasteiger partial charge in [0.15, 0.2) is 0 Å². The van der Waals surface area contributed by atoms with E-state index in [4.69, 9.17) is 4.42 Å². The Bertz CT molecular complexity index is 1210. The first-order valence-electron chi connectivity index (χ1n) is 8.15. The highest BCUT2D eigenvalue weighted by molar-refractivity contribution is 7.92. The van der Waals surface area contributed by atoms with Gasteiger partial charge in [-0.15, -0.1) is 10.2 Å². The molecular formula is C19H13FN4O3S. The van der Waals surface area contributed by atoms with Crippen molar-refractivity contribution in [3.63, 3.8) is 0 Å². The molecule has 1 N–H and O–H groups in total. The monoisotopic (exact) mass is 396 g/mol. The number of benzene rings is 2. The van der Waals surface area contributed by atoms with Crippen molar-refractivity contribution in [1.82, 2.24) is 15.2 Å². The summed E-state index contributed by atoms with van der Waals surface area (Å²) in [7, 11) is -4.17. The normalized spacial score (nSPS) is 11.3. The summed E-state index contributed by atoms with van der Waals surface area (Å²) in [4.78, 5) is 3.29. The number of hydrogen-bond donors (Lipinski definition) is 1. The van der Waals surface area contributed by atoms with Crippen molar-refractivity contribution < 1.29 is 17.2 Å². The average Bonchev–Trinajstić information content (AvgIpc) is 3.19. The van der Waals surface area contributed by atoms with Crippen molar-refractivity contribution in [3.05, 3.63) is 78.9 Å². The number of sulfonamides is 1. The number of anilines is 1. The molecule has 9 heteroatoms. The van der Waals surface area contributed by atoms with Crippen molar-refractivity contribution in [2.75, 3.05) is 4.72 Å². The number of pyridine rings is 1. The van der Waals surface area contributed by atoms with Gasteiger partial charge in [-0.2, -0.15) is 0 Å². The molecule has 0 atom stereocenters. The number of halogens is 1. The molecule has 0 radical (unpaired) electrons. The fourth-order valence-electron chi connectivity index (χ4n) is 2.51. The van der Waals surface area contributed by atoms with Crippen LogP contribution in [0, 0.1) is 5.82 Å². The number of nitrogens with zero attached hydrogens (tertiary/aromatic N) is 3. The quantitative estimate of drug-likeness (QED) is 0.552. The van der Waals surface area contributed by atoms with E-state index in [1.165, 1.54) is 24.5 Å². The lowest BCUT2D eigenvalue weighted by molar-refractivity contribution is 0.568. The SMILES string of the molecule is O=S(=O)(Nc1cccnc1)c1cc(-c2nnc(-c3ccccc3)o2)ccc1F. The maximum Gasteiger partial charge on any atom is 0.264 e. The van der Waals surface area contributed by atoms with Gasteiger partial charge in [0.05, 0.1) is 11.9 Å². The van der Waals surface area contributed by atoms with Gasteiger partial charge < -0.3 is 4.42 Å². The topological polar surface area (TPSA) is 98.0 Å². The molecule has 140 valence electrons. The zero-order valence-corrected chi connectivity index (χ0v) is 15.1. The standard InChI is InChI=1S/C19H13FN4O3S/c20-16-9-8-14(19-23-22-18(27-19)13-5-2-1-3-6-13)11-17(16)28(25,26)24-15-7-4-10-21-12-15/h1-12,24H. The Morgan fingerprint density at radius 2 is 1.64 bits per heavy atom. The lowest BCUT2D eigenvalue weighted by Crippen LogP contribution is -2.14. The first kappa shape index (κ1) is 17.8. The van der Waals surface area contributed by atoms with Gasteiger partial charge in [0.25, 0.3) is 10.0 Å². The summed E-state index contributed by atoms with van der Waals surface area (Å²) >= 11 is 0. The van der Waals surface area contributed by atoms with E-state index in [0.717, 1.165) is 17.7 Å². The second kappa shape index (κ2) is 7.20. The van der Waals surface area contributed by atoms with Crippen LogP contribution in [-0.4, -0.2) is 23.6 Å². The van der Waals surface area contributed by atoms with Gasteiger partial charge in [0.2, 0.25) is 11.8 Å². The molecule has 28 heavy (non-hydrogen) atoms. The molecule has 0 saturated heterocycles. The summed E-state index contributed by atoms with van der Waals surface area (Å²) in [5, 5.41) is 7.90. The second-order valence-electron chi connectivity index (χ2n) is 5.77. The summed E-state index contributed by atoms with van der Waals surface area (Å²) < 4.78 is 47.3. The zero-order chi connectivity index (χ0) is 19.6. The molecule has 0 saturated carbocycles. The molecule has 0 spiro atoms. The Kier molecular flexibility index (Phi) is 4.58. The molecule has 2 aromatic carbocycles. The van der Waals surface area contributed by atoms with E-state index in [1.807, 2.05) is 18.2 Å². The number of rotatable bonds is 5. The van der Waals surface area contributed by atoms with Gasteiger partial charge >= 0.3 is 0 Å². The first-order chi connectivity index (χ1) is 13.5. The molecule has 0 aliphatic rings. The third kappa shape index (κ3) is 3.60. The van der Waals surface area contributed by atoms with Gasteiger partial charge in [0, 0.05) is 17.3 Å². The summed E-state index contributed by atoms with van der Waals surface area (Å²) in [5.41, 5.74) is 1.22. The van der Waals surface area contributed by atoms with Crippen LogP contribution >= 0.6 is 0 Å². The van der Waals surface area contributed by atoms with Gasteiger partial charge in [-0.1, -0.05) is 18.2 Å². The minimum atomic E-state index is -4.17. The minimum Gasteiger partial charge on any atom is -0.416 e. The Labute approximate surface area is 160 Å². The van der Waals surface area contributed by atoms with Gasteiger partial charge in [-0.05, 0) is 42.5 Å². The lowest BCUT2D eigenvalue weighted by atomic mass is 10.2. The molecular weight excluding hydrogens is 383 g/mol. The molecule has 0 aliphatic carbocycles. The van der Waals surface area contributed by atoms with Crippen LogP contribution in [0.4, 0.5) is 10.1 Å². The summed E-state index contributed by atoms with van der Waals surface area (Å²) in [6.07, 6.45) is 2.82. The zero-order valence-electron chi connectivity index (χ0n) is 14.3. The maximum absolute atomic E-state index is 14.3. The fraction of sp³-hybridized carbons (Fsp3) is 0. The third-order valence-corrected chi connectivity index (χ3v) is 5.22. The highest BCUT2D eigenvalue weighted by atomic mass is 32.2. The number of hydrogen-bond acceptors (Lipinski definition) is 6. The Morgan fingerprint density at radius 1 is 0.893 bits per heavy atom. The van der Waals surface area contributed by atoms with Crippen LogP contribution in [0.5, 0.6) is 0 Å². The largest absolute Gasteiger partial charge is 0.416 e. The van der Waals surface area contributed by atoms with Crippen LogP contribution in [-0.2, 0) is 10.0 Å². The van der Waals surface area contributed by atoms with Crippen LogP contribution in [0.15, 0.2) is 82.4 Å². The van der Waals surface area contributed by atoms with Crippen molar-refractivity contribution in [2.45, 2.75) is 4.90 Å². The maximum atomic E-state index is 14.3. The minimum absolute atomic E-state index is 0.0803. The summed E-state index contributed by atoms with van der Waals surface area (Å²) in [6.45, 7) is 0. The lowest BCUT2D eigenvalue weighted by Gasteiger charge is -2.09. The Hall–Kier alpha value is -3.59. The third-order valence-electron chi connectivity index (χ3n) is 3.83. The van der Waals surface area contributed by atoms with Crippen molar-refractivity contribution in [2.24, 2.45) is 0 Å². The molecule has 0 amide bonds. The molecule has 2 heterocycles. The van der Waals surface area contributed by atoms with Gasteiger partial charge in [-0.3, -0.25) is 9.71 Å². The molecule has 0 unspecified atom stereocenters. The number of nitrogens with one attached hydrogen (secondary N) is 1. The van der Waals surface area contributed by atoms with E-state index < -0.39 is 20.7 Å². The van der Waals surface area contributed by atoms with Crippen LogP contribution < -0.4 is 4.72 Å². The van der Waals surface area contributed by atoms with Crippen LogP contribution in [0.25, 0.3) is 22.9 Å². The molecule has 4 aromatic rings. The molecule has 0 bridgehead atoms. The van der Waals surface area contributed by atoms with Crippen molar-refractivity contribution in [3.8, 4) is 22.9 Å². The molecule has 0 aliphatic heterocycles. The van der Waals surface area contributed by atoms with E-state index in [0.29, 0.717) is 0 Å². The van der Waals surface area contributed by atoms with E-state index >= 15 is 0 Å². The van der Waals surface area contributed by atoms with Gasteiger partial charge in [-0.25, -0.2) is 12.8 Å². The predicted molar refractivity (Wildman–Crippen MR) is 100 cm³/mol. The second-order valence-corrected chi connectivity index (χ2v) is 7.42. The first-order valence-corrected chi connectivity index (χ1v) is 9.63. The van der Waals surface area contributed by atoms with E-state index in [-0.39, 0.29) is 23.0 Å². The van der Waals surface area contributed by atoms with E-state index in [2.05, 4.69) is 19.9 Å². The smallest absolute Gasteiger partial charge is 0.264 e. The number of aromatic nitrogens is 3. The summed E-state index contributed by atoms with van der Waals surface area (Å²) in [6, 6.07) is 15.7. The van der Waals surface area contributed by atoms with E-state index in [1.54, 1.807) is 18.2 Å². The van der Waals surface area contributed by atoms with Crippen LogP contribution in [0.2, 0.25) is 0 Å². The molecule has 2 aromatic heterocycles. The highest BCUT2D eigenvalue weighted by Crippen LogP contribution is 2.27.